The van der Waals surface area contributed by atoms with Gasteiger partial charge in [0.25, 0.3) is 0 Å². The second-order valence-corrected chi connectivity index (χ2v) is 8.37. The molecule has 1 aliphatic heterocycles. The van der Waals surface area contributed by atoms with E-state index in [1.807, 2.05) is 29.8 Å². The zero-order chi connectivity index (χ0) is 19.8. The Morgan fingerprint density at radius 2 is 2.10 bits per heavy atom. The lowest BCUT2D eigenvalue weighted by atomic mass is 10.00. The molecule has 3 heterocycles. The summed E-state index contributed by atoms with van der Waals surface area (Å²) < 4.78 is 15.7. The number of hydrogen-bond donors (Lipinski definition) is 3. The van der Waals surface area contributed by atoms with Crippen molar-refractivity contribution in [2.45, 2.75) is 38.5 Å². The minimum absolute atomic E-state index is 0.250. The smallest absolute Gasteiger partial charge is 0.163 e. The van der Waals surface area contributed by atoms with Crippen molar-refractivity contribution in [3.8, 4) is 0 Å². The van der Waals surface area contributed by atoms with Crippen molar-refractivity contribution < 1.29 is 4.39 Å². The highest BCUT2D eigenvalue weighted by atomic mass is 19.1. The summed E-state index contributed by atoms with van der Waals surface area (Å²) in [7, 11) is 0. The van der Waals surface area contributed by atoms with Crippen LogP contribution in [0, 0.1) is 18.7 Å². The molecule has 1 unspecified atom stereocenters. The monoisotopic (exact) mass is 394 g/mol. The Morgan fingerprint density at radius 1 is 1.21 bits per heavy atom. The van der Waals surface area contributed by atoms with Crippen LogP contribution in [0.1, 0.15) is 42.7 Å². The lowest BCUT2D eigenvalue weighted by Gasteiger charge is -2.23. The molecule has 0 spiro atoms. The lowest BCUT2D eigenvalue weighted by Crippen LogP contribution is -2.33. The SMILES string of the molecule is Cc1cc(F)cc(Nc2cc(NCC3CCCNC3)nc3c(C4CC4)cnn23)c1. The van der Waals surface area contributed by atoms with Crippen LogP contribution in [0.4, 0.5) is 21.7 Å². The minimum atomic E-state index is -0.250. The molecule has 1 atom stereocenters. The van der Waals surface area contributed by atoms with Gasteiger partial charge >= 0.3 is 0 Å². The van der Waals surface area contributed by atoms with E-state index in [9.17, 15) is 4.39 Å². The van der Waals surface area contributed by atoms with Gasteiger partial charge in [-0.25, -0.2) is 9.37 Å². The molecule has 152 valence electrons. The van der Waals surface area contributed by atoms with E-state index in [2.05, 4.69) is 21.0 Å². The Kier molecular flexibility index (Phi) is 4.83. The molecule has 7 heteroatoms. The van der Waals surface area contributed by atoms with E-state index in [0.717, 1.165) is 42.5 Å². The number of halogens is 1. The standard InChI is InChI=1S/C22H27FN6/c1-14-7-17(23)9-18(8-14)27-21-10-20(25-12-15-3-2-6-24-11-15)28-22-19(16-4-5-16)13-26-29(21)22/h7-10,13,15-16,24,27H,2-6,11-12H2,1H3,(H,25,28). The summed E-state index contributed by atoms with van der Waals surface area (Å²) in [6.07, 6.45) is 6.77. The van der Waals surface area contributed by atoms with Crippen LogP contribution in [0.15, 0.2) is 30.5 Å². The van der Waals surface area contributed by atoms with E-state index in [4.69, 9.17) is 4.98 Å². The van der Waals surface area contributed by atoms with Crippen LogP contribution in [0.5, 0.6) is 0 Å². The third-order valence-electron chi connectivity index (χ3n) is 5.80. The van der Waals surface area contributed by atoms with Gasteiger partial charge in [0.15, 0.2) is 5.65 Å². The van der Waals surface area contributed by atoms with Gasteiger partial charge in [-0.2, -0.15) is 9.61 Å². The minimum Gasteiger partial charge on any atom is -0.370 e. The van der Waals surface area contributed by atoms with Gasteiger partial charge in [-0.15, -0.1) is 0 Å². The van der Waals surface area contributed by atoms with Gasteiger partial charge in [-0.1, -0.05) is 0 Å². The number of anilines is 3. The summed E-state index contributed by atoms with van der Waals surface area (Å²) in [5.74, 6) is 2.54. The Bertz CT molecular complexity index is 999. The zero-order valence-electron chi connectivity index (χ0n) is 16.7. The van der Waals surface area contributed by atoms with Crippen LogP contribution in [0.25, 0.3) is 5.65 Å². The van der Waals surface area contributed by atoms with Gasteiger partial charge in [-0.05, 0) is 81.3 Å². The maximum Gasteiger partial charge on any atom is 0.163 e. The fraction of sp³-hybridized carbons (Fsp3) is 0.455. The summed E-state index contributed by atoms with van der Waals surface area (Å²) >= 11 is 0. The van der Waals surface area contributed by atoms with Crippen LogP contribution < -0.4 is 16.0 Å². The average molecular weight is 394 g/mol. The third kappa shape index (κ3) is 4.05. The molecule has 1 aliphatic carbocycles. The van der Waals surface area contributed by atoms with E-state index in [1.54, 1.807) is 0 Å². The molecular formula is C22H27FN6. The summed E-state index contributed by atoms with van der Waals surface area (Å²) in [4.78, 5) is 4.87. The van der Waals surface area contributed by atoms with Crippen molar-refractivity contribution in [1.29, 1.82) is 0 Å². The van der Waals surface area contributed by atoms with Crippen LogP contribution in [-0.4, -0.2) is 34.2 Å². The van der Waals surface area contributed by atoms with Crippen LogP contribution in [0.2, 0.25) is 0 Å². The van der Waals surface area contributed by atoms with Gasteiger partial charge in [0, 0.05) is 23.9 Å². The maximum atomic E-state index is 13.9. The first kappa shape index (κ1) is 18.4. The van der Waals surface area contributed by atoms with E-state index in [0.29, 0.717) is 17.5 Å². The molecular weight excluding hydrogens is 367 g/mol. The number of benzene rings is 1. The number of nitrogens with one attached hydrogen (secondary N) is 3. The predicted molar refractivity (Wildman–Crippen MR) is 113 cm³/mol. The summed E-state index contributed by atoms with van der Waals surface area (Å²) in [5.41, 5.74) is 3.67. The molecule has 0 radical (unpaired) electrons. The van der Waals surface area contributed by atoms with Crippen molar-refractivity contribution in [2.24, 2.45) is 5.92 Å². The molecule has 5 rings (SSSR count). The summed E-state index contributed by atoms with van der Waals surface area (Å²) in [5, 5.41) is 14.9. The molecule has 3 aromatic rings. The largest absolute Gasteiger partial charge is 0.370 e. The first-order valence-electron chi connectivity index (χ1n) is 10.5. The molecule has 3 N–H and O–H groups in total. The van der Waals surface area contributed by atoms with Crippen molar-refractivity contribution in [2.75, 3.05) is 30.3 Å². The Hall–Kier alpha value is -2.67. The highest BCUT2D eigenvalue weighted by molar-refractivity contribution is 5.66. The third-order valence-corrected chi connectivity index (χ3v) is 5.80. The normalized spacial score (nSPS) is 19.4. The number of rotatable bonds is 6. The van der Waals surface area contributed by atoms with Crippen molar-refractivity contribution in [3.63, 3.8) is 0 Å². The Morgan fingerprint density at radius 3 is 2.86 bits per heavy atom. The van der Waals surface area contributed by atoms with E-state index in [1.165, 1.54) is 43.4 Å². The molecule has 1 aromatic carbocycles. The summed E-state index contributed by atoms with van der Waals surface area (Å²) in [6.45, 7) is 4.94. The van der Waals surface area contributed by atoms with Crippen LogP contribution in [-0.2, 0) is 0 Å². The molecule has 1 saturated carbocycles. The highest BCUT2D eigenvalue weighted by Crippen LogP contribution is 2.42. The number of piperidine rings is 1. The van der Waals surface area contributed by atoms with Gasteiger partial charge in [-0.3, -0.25) is 0 Å². The topological polar surface area (TPSA) is 66.3 Å². The van der Waals surface area contributed by atoms with E-state index < -0.39 is 0 Å². The number of nitrogens with zero attached hydrogens (tertiary/aromatic N) is 3. The fourth-order valence-electron chi connectivity index (χ4n) is 4.15. The molecule has 0 amide bonds. The Balaban J connectivity index is 1.47. The van der Waals surface area contributed by atoms with Crippen LogP contribution >= 0.6 is 0 Å². The molecule has 0 bridgehead atoms. The first-order valence-corrected chi connectivity index (χ1v) is 10.5. The molecule has 2 fully saturated rings. The van der Waals surface area contributed by atoms with Gasteiger partial charge in [0.1, 0.15) is 17.5 Å². The second-order valence-electron chi connectivity index (χ2n) is 8.37. The Labute approximate surface area is 169 Å². The van der Waals surface area contributed by atoms with Gasteiger partial charge in [0.2, 0.25) is 0 Å². The number of aryl methyl sites for hydroxylation is 1. The predicted octanol–water partition coefficient (Wildman–Crippen LogP) is 4.21. The van der Waals surface area contributed by atoms with Crippen LogP contribution in [0.3, 0.4) is 0 Å². The van der Waals surface area contributed by atoms with Gasteiger partial charge < -0.3 is 16.0 Å². The van der Waals surface area contributed by atoms with E-state index >= 15 is 0 Å². The quantitative estimate of drug-likeness (QED) is 0.584. The van der Waals surface area contributed by atoms with Gasteiger partial charge in [0.05, 0.1) is 6.20 Å². The zero-order valence-corrected chi connectivity index (χ0v) is 16.7. The lowest BCUT2D eigenvalue weighted by molar-refractivity contribution is 0.392. The second kappa shape index (κ2) is 7.63. The van der Waals surface area contributed by atoms with Crippen molar-refractivity contribution in [3.05, 3.63) is 47.4 Å². The fourth-order valence-corrected chi connectivity index (χ4v) is 4.15. The summed E-state index contributed by atoms with van der Waals surface area (Å²) in [6, 6.07) is 6.93. The van der Waals surface area contributed by atoms with Crippen molar-refractivity contribution >= 4 is 23.0 Å². The molecule has 6 nitrogen and oxygen atoms in total. The van der Waals surface area contributed by atoms with E-state index in [-0.39, 0.29) is 5.82 Å². The highest BCUT2D eigenvalue weighted by Gasteiger charge is 2.28. The molecule has 1 saturated heterocycles. The number of fused-ring (bicyclic) bond motifs is 1. The maximum absolute atomic E-state index is 13.9. The molecule has 29 heavy (non-hydrogen) atoms. The van der Waals surface area contributed by atoms with Crippen molar-refractivity contribution in [1.82, 2.24) is 19.9 Å². The average Bonchev–Trinajstić information content (AvgIpc) is 3.45. The molecule has 2 aliphatic rings. The number of aromatic nitrogens is 3. The first-order chi connectivity index (χ1) is 14.2. The molecule has 2 aromatic heterocycles. The number of hydrogen-bond acceptors (Lipinski definition) is 5.